The second-order valence-electron chi connectivity index (χ2n) is 6.51. The number of nitrogens with two attached hydrogens (primary N) is 1. The molecule has 4 heteroatoms. The highest BCUT2D eigenvalue weighted by molar-refractivity contribution is 5.88. The lowest BCUT2D eigenvalue weighted by molar-refractivity contribution is -0.122. The van der Waals surface area contributed by atoms with Crippen molar-refractivity contribution in [3.63, 3.8) is 0 Å². The van der Waals surface area contributed by atoms with E-state index in [1.807, 2.05) is 0 Å². The summed E-state index contributed by atoms with van der Waals surface area (Å²) < 4.78 is 13.0. The molecule has 1 aliphatic carbocycles. The Morgan fingerprint density at radius 1 is 1.29 bits per heavy atom. The van der Waals surface area contributed by atoms with Crippen LogP contribution in [0.1, 0.15) is 46.0 Å². The first kappa shape index (κ1) is 15.8. The van der Waals surface area contributed by atoms with E-state index in [0.29, 0.717) is 11.8 Å². The van der Waals surface area contributed by atoms with Gasteiger partial charge in [0.05, 0.1) is 0 Å². The van der Waals surface area contributed by atoms with Gasteiger partial charge in [-0.1, -0.05) is 26.7 Å². The van der Waals surface area contributed by atoms with Crippen LogP contribution in [0.15, 0.2) is 24.3 Å². The zero-order valence-corrected chi connectivity index (χ0v) is 12.9. The maximum absolute atomic E-state index is 13.0. The third-order valence-electron chi connectivity index (χ3n) is 4.76. The molecule has 0 bridgehead atoms. The molecule has 3 N–H and O–H groups in total. The van der Waals surface area contributed by atoms with Crippen LogP contribution in [0.5, 0.6) is 0 Å². The average molecular weight is 292 g/mol. The predicted octanol–water partition coefficient (Wildman–Crippen LogP) is 3.70. The highest BCUT2D eigenvalue weighted by Crippen LogP contribution is 2.36. The maximum Gasteiger partial charge on any atom is 0.243 e. The molecule has 1 aliphatic rings. The standard InChI is InChI=1S/C17H25FN2O/c1-12(2)13-4-3-10-17(11-9-13,16(19)21)20-15-7-5-14(18)6-8-15/h5-8,12-13,20H,3-4,9-11H2,1-2H3,(H2,19,21). The molecule has 0 spiro atoms. The lowest BCUT2D eigenvalue weighted by Gasteiger charge is -2.32. The Morgan fingerprint density at radius 2 is 1.95 bits per heavy atom. The van der Waals surface area contributed by atoms with Gasteiger partial charge in [-0.15, -0.1) is 0 Å². The lowest BCUT2D eigenvalue weighted by atomic mass is 9.86. The van der Waals surface area contributed by atoms with Gasteiger partial charge in [0.1, 0.15) is 11.4 Å². The predicted molar refractivity (Wildman–Crippen MR) is 83.4 cm³/mol. The fourth-order valence-corrected chi connectivity index (χ4v) is 3.28. The van der Waals surface area contributed by atoms with Gasteiger partial charge in [0, 0.05) is 5.69 Å². The van der Waals surface area contributed by atoms with Crippen LogP contribution in [0.3, 0.4) is 0 Å². The zero-order valence-electron chi connectivity index (χ0n) is 12.9. The fraction of sp³-hybridized carbons (Fsp3) is 0.588. The SMILES string of the molecule is CC(C)C1CCCC(Nc2ccc(F)cc2)(C(N)=O)CC1. The van der Waals surface area contributed by atoms with Gasteiger partial charge in [0.2, 0.25) is 5.91 Å². The molecule has 116 valence electrons. The van der Waals surface area contributed by atoms with Crippen molar-refractivity contribution < 1.29 is 9.18 Å². The molecule has 0 aliphatic heterocycles. The smallest absolute Gasteiger partial charge is 0.243 e. The topological polar surface area (TPSA) is 55.1 Å². The van der Waals surface area contributed by atoms with Gasteiger partial charge in [0.15, 0.2) is 0 Å². The van der Waals surface area contributed by atoms with E-state index >= 15 is 0 Å². The summed E-state index contributed by atoms with van der Waals surface area (Å²) in [5.41, 5.74) is 5.74. The van der Waals surface area contributed by atoms with E-state index in [0.717, 1.165) is 37.8 Å². The van der Waals surface area contributed by atoms with Crippen molar-refractivity contribution in [3.8, 4) is 0 Å². The first-order valence-corrected chi connectivity index (χ1v) is 7.76. The Labute approximate surface area is 126 Å². The Morgan fingerprint density at radius 3 is 2.52 bits per heavy atom. The minimum Gasteiger partial charge on any atom is -0.371 e. The number of carbonyl (C=O) groups excluding carboxylic acids is 1. The number of nitrogens with one attached hydrogen (secondary N) is 1. The van der Waals surface area contributed by atoms with E-state index in [1.165, 1.54) is 12.1 Å². The van der Waals surface area contributed by atoms with Crippen molar-refractivity contribution >= 4 is 11.6 Å². The average Bonchev–Trinajstić information content (AvgIpc) is 2.65. The molecular formula is C17H25FN2O. The molecule has 2 atom stereocenters. The molecule has 1 saturated carbocycles. The lowest BCUT2D eigenvalue weighted by Crippen LogP contribution is -2.50. The molecule has 1 amide bonds. The summed E-state index contributed by atoms with van der Waals surface area (Å²) in [6, 6.07) is 6.10. The van der Waals surface area contributed by atoms with Gasteiger partial charge in [-0.05, 0) is 55.4 Å². The van der Waals surface area contributed by atoms with Gasteiger partial charge in [-0.2, -0.15) is 0 Å². The minimum atomic E-state index is -0.707. The van der Waals surface area contributed by atoms with E-state index < -0.39 is 5.54 Å². The number of hydrogen-bond acceptors (Lipinski definition) is 2. The van der Waals surface area contributed by atoms with E-state index in [-0.39, 0.29) is 11.7 Å². The van der Waals surface area contributed by atoms with Crippen LogP contribution in [0.4, 0.5) is 10.1 Å². The number of carbonyl (C=O) groups is 1. The molecular weight excluding hydrogens is 267 g/mol. The van der Waals surface area contributed by atoms with E-state index in [9.17, 15) is 9.18 Å². The van der Waals surface area contributed by atoms with Crippen molar-refractivity contribution in [2.45, 2.75) is 51.5 Å². The van der Waals surface area contributed by atoms with Crippen molar-refractivity contribution in [1.29, 1.82) is 0 Å². The highest BCUT2D eigenvalue weighted by Gasteiger charge is 2.38. The Hall–Kier alpha value is -1.58. The monoisotopic (exact) mass is 292 g/mol. The van der Waals surface area contributed by atoms with Crippen LogP contribution >= 0.6 is 0 Å². The second kappa shape index (κ2) is 6.46. The summed E-state index contributed by atoms with van der Waals surface area (Å²) in [4.78, 5) is 12.1. The zero-order chi connectivity index (χ0) is 15.5. The number of rotatable bonds is 4. The number of hydrogen-bond donors (Lipinski definition) is 2. The number of halogens is 1. The Bertz CT molecular complexity index is 486. The van der Waals surface area contributed by atoms with E-state index in [2.05, 4.69) is 19.2 Å². The molecule has 0 heterocycles. The molecule has 1 fully saturated rings. The molecule has 0 aromatic heterocycles. The van der Waals surface area contributed by atoms with Gasteiger partial charge < -0.3 is 11.1 Å². The quantitative estimate of drug-likeness (QED) is 0.831. The molecule has 0 saturated heterocycles. The molecule has 1 aromatic carbocycles. The second-order valence-corrected chi connectivity index (χ2v) is 6.51. The van der Waals surface area contributed by atoms with Crippen molar-refractivity contribution in [3.05, 3.63) is 30.1 Å². The summed E-state index contributed by atoms with van der Waals surface area (Å²) in [5.74, 6) is 0.673. The summed E-state index contributed by atoms with van der Waals surface area (Å²) >= 11 is 0. The van der Waals surface area contributed by atoms with Crippen molar-refractivity contribution in [1.82, 2.24) is 0 Å². The molecule has 1 aromatic rings. The number of benzene rings is 1. The summed E-state index contributed by atoms with van der Waals surface area (Å²) in [6.07, 6.45) is 4.60. The van der Waals surface area contributed by atoms with Gasteiger partial charge in [-0.3, -0.25) is 4.79 Å². The van der Waals surface area contributed by atoms with Crippen LogP contribution < -0.4 is 11.1 Å². The van der Waals surface area contributed by atoms with Crippen LogP contribution in [-0.4, -0.2) is 11.4 Å². The molecule has 21 heavy (non-hydrogen) atoms. The van der Waals surface area contributed by atoms with Gasteiger partial charge in [-0.25, -0.2) is 4.39 Å². The third-order valence-corrected chi connectivity index (χ3v) is 4.76. The van der Waals surface area contributed by atoms with Crippen LogP contribution in [0, 0.1) is 17.7 Å². The largest absolute Gasteiger partial charge is 0.371 e. The first-order valence-electron chi connectivity index (χ1n) is 7.76. The number of primary amides is 1. The minimum absolute atomic E-state index is 0.283. The Balaban J connectivity index is 2.17. The molecule has 2 unspecified atom stereocenters. The number of anilines is 1. The van der Waals surface area contributed by atoms with E-state index in [4.69, 9.17) is 5.73 Å². The summed E-state index contributed by atoms with van der Waals surface area (Å²) in [5, 5.41) is 3.28. The molecule has 3 nitrogen and oxygen atoms in total. The molecule has 0 radical (unpaired) electrons. The van der Waals surface area contributed by atoms with E-state index in [1.54, 1.807) is 12.1 Å². The first-order chi connectivity index (χ1) is 9.93. The Kier molecular flexibility index (Phi) is 4.86. The third kappa shape index (κ3) is 3.74. The van der Waals surface area contributed by atoms with Crippen LogP contribution in [-0.2, 0) is 4.79 Å². The van der Waals surface area contributed by atoms with Crippen molar-refractivity contribution in [2.24, 2.45) is 17.6 Å². The summed E-state index contributed by atoms with van der Waals surface area (Å²) in [6.45, 7) is 4.46. The van der Waals surface area contributed by atoms with Crippen LogP contribution in [0.25, 0.3) is 0 Å². The number of amides is 1. The normalized spacial score (nSPS) is 26.4. The van der Waals surface area contributed by atoms with Crippen molar-refractivity contribution in [2.75, 3.05) is 5.32 Å². The highest BCUT2D eigenvalue weighted by atomic mass is 19.1. The maximum atomic E-state index is 13.0. The molecule has 2 rings (SSSR count). The van der Waals surface area contributed by atoms with Gasteiger partial charge in [0.25, 0.3) is 0 Å². The van der Waals surface area contributed by atoms with Gasteiger partial charge >= 0.3 is 0 Å². The van der Waals surface area contributed by atoms with Crippen LogP contribution in [0.2, 0.25) is 0 Å². The summed E-state index contributed by atoms with van der Waals surface area (Å²) in [7, 11) is 0. The fourth-order valence-electron chi connectivity index (χ4n) is 3.28.